The molecule has 0 fully saturated rings. The molecule has 1 aromatic carbocycles. The fraction of sp³-hybridized carbons (Fsp3) is 0.400. The Morgan fingerprint density at radius 1 is 1.31 bits per heavy atom. The van der Waals surface area contributed by atoms with Gasteiger partial charge in [-0.15, -0.1) is 0 Å². The van der Waals surface area contributed by atoms with Gasteiger partial charge in [-0.25, -0.2) is 0 Å². The maximum absolute atomic E-state index is 10.7. The normalized spacial score (nSPS) is 15.8. The molecule has 1 rings (SSSR count). The summed E-state index contributed by atoms with van der Waals surface area (Å²) in [5, 5.41) is 2.86. The number of rotatable bonds is 5. The van der Waals surface area contributed by atoms with Gasteiger partial charge in [-0.2, -0.15) is 0 Å². The average Bonchev–Trinajstić information content (AvgIpc) is 2.25. The highest BCUT2D eigenvalue weighted by atomic mass is 31.2. The van der Waals surface area contributed by atoms with E-state index in [2.05, 4.69) is 9.84 Å². The Kier molecular flexibility index (Phi) is 4.65. The second-order valence-electron chi connectivity index (χ2n) is 3.46. The number of likely N-dealkylation sites (N-methyl/N-ethyl adjacent to an activating group) is 1. The van der Waals surface area contributed by atoms with Crippen molar-refractivity contribution in [2.24, 2.45) is 0 Å². The lowest BCUT2D eigenvalue weighted by atomic mass is 10.0. The summed E-state index contributed by atoms with van der Waals surface area (Å²) >= 11 is 0. The molecule has 5 nitrogen and oxygen atoms in total. The lowest BCUT2D eigenvalue weighted by molar-refractivity contribution is -0.345. The first-order valence-corrected chi connectivity index (χ1v) is 6.33. The topological polar surface area (TPSA) is 84.5 Å². The van der Waals surface area contributed by atoms with Gasteiger partial charge in [0, 0.05) is 6.04 Å². The van der Waals surface area contributed by atoms with Gasteiger partial charge in [-0.3, -0.25) is 0 Å². The quantitative estimate of drug-likeness (QED) is 0.746. The van der Waals surface area contributed by atoms with E-state index in [0.717, 1.165) is 0 Å². The van der Waals surface area contributed by atoms with Gasteiger partial charge >= 0.3 is 0 Å². The third-order valence-electron chi connectivity index (χ3n) is 2.28. The molecule has 1 N–H and O–H groups in total. The van der Waals surface area contributed by atoms with E-state index in [0.29, 0.717) is 5.56 Å². The molecule has 0 aliphatic heterocycles. The van der Waals surface area contributed by atoms with Crippen LogP contribution in [0.1, 0.15) is 18.6 Å². The number of phosphoric acid groups is 1. The molecule has 0 bridgehead atoms. The lowest BCUT2D eigenvalue weighted by Gasteiger charge is -2.36. The molecule has 16 heavy (non-hydrogen) atoms. The van der Waals surface area contributed by atoms with Gasteiger partial charge in [0.2, 0.25) is 0 Å². The van der Waals surface area contributed by atoms with Crippen molar-refractivity contribution < 1.29 is 18.9 Å². The van der Waals surface area contributed by atoms with Gasteiger partial charge in [-0.1, -0.05) is 30.3 Å². The SMILES string of the molecule is CN[C@@H](C)[C@H](OP(=O)([O-])[O-])c1ccccc1. The zero-order valence-electron chi connectivity index (χ0n) is 9.12. The standard InChI is InChI=1S/C10H16NO4P/c1-8(11-2)10(15-16(12,13)14)9-6-4-3-5-7-9/h3-8,10-11H,1-2H3,(H2,12,13,14)/p-2/t8-,10-/m0/s1. The number of hydrogen-bond donors (Lipinski definition) is 1. The Labute approximate surface area is 94.7 Å². The highest BCUT2D eigenvalue weighted by Crippen LogP contribution is 2.36. The molecule has 6 heteroatoms. The van der Waals surface area contributed by atoms with Gasteiger partial charge < -0.3 is 24.2 Å². The van der Waals surface area contributed by atoms with E-state index in [1.54, 1.807) is 44.3 Å². The van der Waals surface area contributed by atoms with Crippen molar-refractivity contribution in [3.05, 3.63) is 35.9 Å². The summed E-state index contributed by atoms with van der Waals surface area (Å²) in [5.74, 6) is 0. The summed E-state index contributed by atoms with van der Waals surface area (Å²) in [6, 6.07) is 8.48. The molecule has 0 heterocycles. The van der Waals surface area contributed by atoms with E-state index in [9.17, 15) is 14.4 Å². The molecule has 0 amide bonds. The Bertz CT molecular complexity index is 364. The van der Waals surface area contributed by atoms with Crippen molar-refractivity contribution >= 4 is 7.82 Å². The van der Waals surface area contributed by atoms with Gasteiger partial charge in [-0.05, 0) is 19.5 Å². The van der Waals surface area contributed by atoms with Crippen LogP contribution in [-0.4, -0.2) is 13.1 Å². The van der Waals surface area contributed by atoms with Crippen LogP contribution in [0.25, 0.3) is 0 Å². The van der Waals surface area contributed by atoms with Crippen LogP contribution in [0.3, 0.4) is 0 Å². The monoisotopic (exact) mass is 243 g/mol. The summed E-state index contributed by atoms with van der Waals surface area (Å²) in [5.41, 5.74) is 0.649. The van der Waals surface area contributed by atoms with Crippen LogP contribution in [-0.2, 0) is 9.09 Å². The zero-order valence-corrected chi connectivity index (χ0v) is 10.0. The average molecular weight is 243 g/mol. The third-order valence-corrected chi connectivity index (χ3v) is 2.77. The van der Waals surface area contributed by atoms with Crippen LogP contribution in [0, 0.1) is 0 Å². The van der Waals surface area contributed by atoms with Crippen LogP contribution < -0.4 is 15.1 Å². The molecule has 90 valence electrons. The number of hydrogen-bond acceptors (Lipinski definition) is 5. The van der Waals surface area contributed by atoms with Gasteiger partial charge in [0.05, 0.1) is 7.82 Å². The van der Waals surface area contributed by atoms with Crippen molar-refractivity contribution in [1.29, 1.82) is 0 Å². The van der Waals surface area contributed by atoms with E-state index < -0.39 is 13.9 Å². The molecule has 0 aliphatic carbocycles. The molecule has 2 atom stereocenters. The number of nitrogens with one attached hydrogen (secondary N) is 1. The van der Waals surface area contributed by atoms with Crippen molar-refractivity contribution in [3.63, 3.8) is 0 Å². The van der Waals surface area contributed by atoms with Gasteiger partial charge in [0.25, 0.3) is 0 Å². The van der Waals surface area contributed by atoms with E-state index in [4.69, 9.17) is 0 Å². The van der Waals surface area contributed by atoms with E-state index >= 15 is 0 Å². The molecule has 0 aliphatic rings. The summed E-state index contributed by atoms with van der Waals surface area (Å²) in [6.45, 7) is 1.74. The van der Waals surface area contributed by atoms with Crippen molar-refractivity contribution in [2.45, 2.75) is 19.1 Å². The largest absolute Gasteiger partial charge is 0.790 e. The van der Waals surface area contributed by atoms with E-state index in [1.807, 2.05) is 0 Å². The van der Waals surface area contributed by atoms with Crippen LogP contribution >= 0.6 is 7.82 Å². The highest BCUT2D eigenvalue weighted by molar-refractivity contribution is 7.43. The zero-order chi connectivity index (χ0) is 12.2. The molecule has 1 aromatic rings. The molecular weight excluding hydrogens is 229 g/mol. The van der Waals surface area contributed by atoms with Crippen molar-refractivity contribution in [1.82, 2.24) is 5.32 Å². The first-order valence-electron chi connectivity index (χ1n) is 4.86. The van der Waals surface area contributed by atoms with Crippen molar-refractivity contribution in [3.8, 4) is 0 Å². The highest BCUT2D eigenvalue weighted by Gasteiger charge is 2.19. The Hall–Kier alpha value is -0.710. The first kappa shape index (κ1) is 13.4. The maximum Gasteiger partial charge on any atom is 0.103 e. The van der Waals surface area contributed by atoms with E-state index in [1.165, 1.54) is 0 Å². The fourth-order valence-electron chi connectivity index (χ4n) is 1.37. The van der Waals surface area contributed by atoms with Crippen LogP contribution in [0.2, 0.25) is 0 Å². The van der Waals surface area contributed by atoms with Gasteiger partial charge in [0.1, 0.15) is 6.10 Å². The minimum Gasteiger partial charge on any atom is -0.790 e. The van der Waals surface area contributed by atoms with E-state index in [-0.39, 0.29) is 6.04 Å². The summed E-state index contributed by atoms with van der Waals surface area (Å²) in [4.78, 5) is 21.3. The molecule has 0 radical (unpaired) electrons. The number of benzene rings is 1. The molecule has 0 unspecified atom stereocenters. The fourth-order valence-corrected chi connectivity index (χ4v) is 1.96. The predicted molar refractivity (Wildman–Crippen MR) is 56.4 cm³/mol. The van der Waals surface area contributed by atoms with Crippen molar-refractivity contribution in [2.75, 3.05) is 7.05 Å². The number of phosphoric ester groups is 1. The Balaban J connectivity index is 2.93. The molecule has 0 saturated heterocycles. The molecule has 0 spiro atoms. The lowest BCUT2D eigenvalue weighted by Crippen LogP contribution is -2.32. The van der Waals surface area contributed by atoms with Crippen LogP contribution in [0.4, 0.5) is 0 Å². The Morgan fingerprint density at radius 2 is 1.88 bits per heavy atom. The smallest absolute Gasteiger partial charge is 0.103 e. The van der Waals surface area contributed by atoms with Gasteiger partial charge in [0.15, 0.2) is 0 Å². The second kappa shape index (κ2) is 5.57. The summed E-state index contributed by atoms with van der Waals surface area (Å²) < 4.78 is 15.2. The second-order valence-corrected chi connectivity index (χ2v) is 4.57. The summed E-state index contributed by atoms with van der Waals surface area (Å²) in [6.07, 6.45) is -0.799. The van der Waals surface area contributed by atoms with Crippen LogP contribution in [0.5, 0.6) is 0 Å². The molecular formula is C10H14NO4P-2. The molecule has 0 saturated carbocycles. The minimum atomic E-state index is -4.99. The molecule has 0 aromatic heterocycles. The minimum absolute atomic E-state index is 0.279. The Morgan fingerprint density at radius 3 is 2.31 bits per heavy atom. The maximum atomic E-state index is 10.7. The first-order chi connectivity index (χ1) is 7.44. The summed E-state index contributed by atoms with van der Waals surface area (Å²) in [7, 11) is -3.32. The van der Waals surface area contributed by atoms with Crippen LogP contribution in [0.15, 0.2) is 30.3 Å². The third kappa shape index (κ3) is 4.04. The predicted octanol–water partition coefficient (Wildman–Crippen LogP) is 0.181.